The van der Waals surface area contributed by atoms with Gasteiger partial charge in [0.1, 0.15) is 0 Å². The van der Waals surface area contributed by atoms with E-state index in [2.05, 4.69) is 24.3 Å². The van der Waals surface area contributed by atoms with E-state index in [0.717, 1.165) is 12.8 Å². The Labute approximate surface area is 73.4 Å². The van der Waals surface area contributed by atoms with Crippen molar-refractivity contribution in [2.75, 3.05) is 6.61 Å². The minimum Gasteiger partial charge on any atom is -0.396 e. The van der Waals surface area contributed by atoms with E-state index in [1.165, 1.54) is 5.56 Å². The second-order valence-electron chi connectivity index (χ2n) is 2.68. The van der Waals surface area contributed by atoms with Crippen LogP contribution in [-0.4, -0.2) is 11.7 Å². The largest absolute Gasteiger partial charge is 0.396 e. The van der Waals surface area contributed by atoms with Crippen molar-refractivity contribution in [1.29, 1.82) is 0 Å². The Kier molecular flexibility index (Phi) is 4.17. The minimum atomic E-state index is 0.277. The molecule has 0 atom stereocenters. The molecule has 0 saturated heterocycles. The zero-order chi connectivity index (χ0) is 8.65. The maximum absolute atomic E-state index is 8.53. The van der Waals surface area contributed by atoms with Crippen molar-refractivity contribution >= 4 is 6.08 Å². The molecule has 0 aromatic heterocycles. The molecule has 0 saturated carbocycles. The lowest BCUT2D eigenvalue weighted by molar-refractivity contribution is 0.290. The highest BCUT2D eigenvalue weighted by Gasteiger charge is 1.82. The van der Waals surface area contributed by atoms with Gasteiger partial charge in [-0.25, -0.2) is 0 Å². The van der Waals surface area contributed by atoms with Crippen molar-refractivity contribution in [3.05, 3.63) is 42.0 Å². The second-order valence-corrected chi connectivity index (χ2v) is 2.68. The number of hydrogen-bond acceptors (Lipinski definition) is 1. The van der Waals surface area contributed by atoms with Crippen molar-refractivity contribution in [2.24, 2.45) is 0 Å². The Morgan fingerprint density at radius 1 is 1.17 bits per heavy atom. The predicted molar refractivity (Wildman–Crippen MR) is 51.8 cm³/mol. The monoisotopic (exact) mass is 162 g/mol. The molecule has 0 amide bonds. The standard InChI is InChI=1S/C11H14O/c12-10-6-2-5-9-11-7-3-1-4-8-11/h1,3-5,7-9,12H,2,6,10H2. The first-order chi connectivity index (χ1) is 5.93. The quantitative estimate of drug-likeness (QED) is 0.674. The van der Waals surface area contributed by atoms with Gasteiger partial charge in [-0.15, -0.1) is 0 Å². The van der Waals surface area contributed by atoms with Crippen LogP contribution in [0.15, 0.2) is 36.4 Å². The van der Waals surface area contributed by atoms with Gasteiger partial charge in [0, 0.05) is 6.61 Å². The number of rotatable bonds is 4. The van der Waals surface area contributed by atoms with Crippen LogP contribution in [-0.2, 0) is 0 Å². The second kappa shape index (κ2) is 5.56. The summed E-state index contributed by atoms with van der Waals surface area (Å²) < 4.78 is 0. The Morgan fingerprint density at radius 2 is 1.92 bits per heavy atom. The molecule has 12 heavy (non-hydrogen) atoms. The lowest BCUT2D eigenvalue weighted by Gasteiger charge is -1.91. The van der Waals surface area contributed by atoms with Crippen molar-refractivity contribution in [3.63, 3.8) is 0 Å². The van der Waals surface area contributed by atoms with Crippen molar-refractivity contribution in [3.8, 4) is 0 Å². The van der Waals surface area contributed by atoms with Crippen LogP contribution in [0, 0.1) is 0 Å². The van der Waals surface area contributed by atoms with Gasteiger partial charge in [0.2, 0.25) is 0 Å². The van der Waals surface area contributed by atoms with Crippen molar-refractivity contribution < 1.29 is 5.11 Å². The number of aliphatic hydroxyl groups is 1. The molecule has 0 aliphatic rings. The first-order valence-corrected chi connectivity index (χ1v) is 4.26. The van der Waals surface area contributed by atoms with Crippen molar-refractivity contribution in [1.82, 2.24) is 0 Å². The molecule has 0 aliphatic heterocycles. The lowest BCUT2D eigenvalue weighted by Crippen LogP contribution is -1.78. The lowest BCUT2D eigenvalue weighted by atomic mass is 10.2. The van der Waals surface area contributed by atoms with E-state index in [9.17, 15) is 0 Å². The van der Waals surface area contributed by atoms with Crippen LogP contribution < -0.4 is 0 Å². The molecule has 0 unspecified atom stereocenters. The first-order valence-electron chi connectivity index (χ1n) is 4.26. The van der Waals surface area contributed by atoms with Crippen LogP contribution in [0.1, 0.15) is 18.4 Å². The molecule has 0 radical (unpaired) electrons. The molecule has 1 aromatic carbocycles. The van der Waals surface area contributed by atoms with E-state index in [-0.39, 0.29) is 6.61 Å². The Balaban J connectivity index is 2.36. The third-order valence-corrected chi connectivity index (χ3v) is 1.64. The minimum absolute atomic E-state index is 0.277. The summed E-state index contributed by atoms with van der Waals surface area (Å²) >= 11 is 0. The third kappa shape index (κ3) is 3.35. The topological polar surface area (TPSA) is 20.2 Å². The van der Waals surface area contributed by atoms with E-state index in [4.69, 9.17) is 5.11 Å². The Morgan fingerprint density at radius 3 is 2.58 bits per heavy atom. The van der Waals surface area contributed by atoms with Gasteiger partial charge in [-0.3, -0.25) is 0 Å². The normalized spacial score (nSPS) is 10.8. The molecule has 0 bridgehead atoms. The maximum Gasteiger partial charge on any atom is 0.0433 e. The van der Waals surface area contributed by atoms with E-state index in [1.54, 1.807) is 0 Å². The van der Waals surface area contributed by atoms with E-state index in [1.807, 2.05) is 18.2 Å². The fourth-order valence-electron chi connectivity index (χ4n) is 0.993. The summed E-state index contributed by atoms with van der Waals surface area (Å²) in [5, 5.41) is 8.53. The van der Waals surface area contributed by atoms with Gasteiger partial charge in [-0.05, 0) is 18.4 Å². The fourth-order valence-corrected chi connectivity index (χ4v) is 0.993. The molecule has 1 nitrogen and oxygen atoms in total. The van der Waals surface area contributed by atoms with E-state index in [0.29, 0.717) is 0 Å². The summed E-state index contributed by atoms with van der Waals surface area (Å²) in [7, 11) is 0. The Bertz CT molecular complexity index is 226. The van der Waals surface area contributed by atoms with Gasteiger partial charge in [-0.2, -0.15) is 0 Å². The zero-order valence-electron chi connectivity index (χ0n) is 7.11. The van der Waals surface area contributed by atoms with E-state index < -0.39 is 0 Å². The highest BCUT2D eigenvalue weighted by molar-refractivity contribution is 5.48. The van der Waals surface area contributed by atoms with Gasteiger partial charge in [0.15, 0.2) is 0 Å². The number of allylic oxidation sites excluding steroid dienone is 1. The first kappa shape index (κ1) is 9.01. The highest BCUT2D eigenvalue weighted by Crippen LogP contribution is 2.02. The molecule has 1 N–H and O–H groups in total. The van der Waals surface area contributed by atoms with Crippen LogP contribution in [0.3, 0.4) is 0 Å². The average Bonchev–Trinajstić information content (AvgIpc) is 2.14. The fraction of sp³-hybridized carbons (Fsp3) is 0.273. The van der Waals surface area contributed by atoms with Gasteiger partial charge in [0.25, 0.3) is 0 Å². The molecular weight excluding hydrogens is 148 g/mol. The predicted octanol–water partition coefficient (Wildman–Crippen LogP) is 2.47. The highest BCUT2D eigenvalue weighted by atomic mass is 16.2. The van der Waals surface area contributed by atoms with Crippen LogP contribution in [0.25, 0.3) is 6.08 Å². The molecule has 0 fully saturated rings. The van der Waals surface area contributed by atoms with Crippen LogP contribution >= 0.6 is 0 Å². The van der Waals surface area contributed by atoms with Crippen LogP contribution in [0.5, 0.6) is 0 Å². The summed E-state index contributed by atoms with van der Waals surface area (Å²) in [5.74, 6) is 0. The molecule has 1 rings (SSSR count). The van der Waals surface area contributed by atoms with Gasteiger partial charge < -0.3 is 5.11 Å². The maximum atomic E-state index is 8.53. The van der Waals surface area contributed by atoms with E-state index >= 15 is 0 Å². The average molecular weight is 162 g/mol. The van der Waals surface area contributed by atoms with Crippen LogP contribution in [0.4, 0.5) is 0 Å². The van der Waals surface area contributed by atoms with Gasteiger partial charge in [0.05, 0.1) is 0 Å². The summed E-state index contributed by atoms with van der Waals surface area (Å²) in [6, 6.07) is 10.2. The third-order valence-electron chi connectivity index (χ3n) is 1.64. The summed E-state index contributed by atoms with van der Waals surface area (Å²) in [4.78, 5) is 0. The summed E-state index contributed by atoms with van der Waals surface area (Å²) in [6.45, 7) is 0.277. The summed E-state index contributed by atoms with van der Waals surface area (Å²) in [6.07, 6.45) is 5.97. The molecule has 0 aliphatic carbocycles. The number of aliphatic hydroxyl groups excluding tert-OH is 1. The molecular formula is C11H14O. The Hall–Kier alpha value is -1.08. The van der Waals surface area contributed by atoms with Gasteiger partial charge in [-0.1, -0.05) is 42.5 Å². The molecule has 1 heteroatoms. The molecule has 1 aromatic rings. The number of benzene rings is 1. The van der Waals surface area contributed by atoms with Gasteiger partial charge >= 0.3 is 0 Å². The zero-order valence-corrected chi connectivity index (χ0v) is 7.11. The molecule has 0 spiro atoms. The smallest absolute Gasteiger partial charge is 0.0433 e. The van der Waals surface area contributed by atoms with Crippen LogP contribution in [0.2, 0.25) is 0 Å². The number of hydrogen-bond donors (Lipinski definition) is 1. The SMILES string of the molecule is OCCCC=Cc1ccccc1. The number of unbranched alkanes of at least 4 members (excludes halogenated alkanes) is 1. The summed E-state index contributed by atoms with van der Waals surface area (Å²) in [5.41, 5.74) is 1.22. The van der Waals surface area contributed by atoms with Crippen molar-refractivity contribution in [2.45, 2.75) is 12.8 Å². The molecule has 0 heterocycles. The molecule has 64 valence electrons.